The summed E-state index contributed by atoms with van der Waals surface area (Å²) in [6.07, 6.45) is 0.938. The van der Waals surface area contributed by atoms with Crippen molar-refractivity contribution in [3.8, 4) is 5.75 Å². The Morgan fingerprint density at radius 3 is 2.29 bits per heavy atom. The predicted molar refractivity (Wildman–Crippen MR) is 106 cm³/mol. The second kappa shape index (κ2) is 9.89. The van der Waals surface area contributed by atoms with Gasteiger partial charge in [-0.15, -0.1) is 11.8 Å². The summed E-state index contributed by atoms with van der Waals surface area (Å²) in [5, 5.41) is 11.4. The third kappa shape index (κ3) is 5.82. The van der Waals surface area contributed by atoms with Gasteiger partial charge in [0, 0.05) is 6.07 Å². The summed E-state index contributed by atoms with van der Waals surface area (Å²) in [5.41, 5.74) is 0.280. The number of carbonyl (C=O) groups is 2. The normalized spacial score (nSPS) is 10.6. The van der Waals surface area contributed by atoms with Crippen LogP contribution in [-0.4, -0.2) is 29.7 Å². The number of rotatable bonds is 8. The highest BCUT2D eigenvalue weighted by atomic mass is 32.2. The predicted octanol–water partition coefficient (Wildman–Crippen LogP) is 4.74. The maximum Gasteiger partial charge on any atom is 0.343 e. The van der Waals surface area contributed by atoms with Crippen LogP contribution in [0.2, 0.25) is 0 Å². The molecule has 0 saturated carbocycles. The molecule has 0 unspecified atom stereocenters. The third-order valence-corrected chi connectivity index (χ3v) is 4.93. The van der Waals surface area contributed by atoms with Crippen LogP contribution in [-0.2, 0) is 4.74 Å². The lowest BCUT2D eigenvalue weighted by Crippen LogP contribution is -2.09. The Balaban J connectivity index is 2.13. The van der Waals surface area contributed by atoms with Crippen molar-refractivity contribution in [2.45, 2.75) is 25.2 Å². The van der Waals surface area contributed by atoms with Crippen LogP contribution < -0.4 is 4.74 Å². The van der Waals surface area contributed by atoms with E-state index in [1.54, 1.807) is 6.07 Å². The van der Waals surface area contributed by atoms with Crippen molar-refractivity contribution in [1.29, 1.82) is 0 Å². The lowest BCUT2D eigenvalue weighted by molar-refractivity contribution is -0.387. The summed E-state index contributed by atoms with van der Waals surface area (Å²) < 4.78 is 9.84. The molecule has 0 aromatic heterocycles. The zero-order valence-electron chi connectivity index (χ0n) is 15.8. The topological polar surface area (TPSA) is 95.7 Å². The Kier molecular flexibility index (Phi) is 7.57. The van der Waals surface area contributed by atoms with Crippen molar-refractivity contribution >= 4 is 29.4 Å². The number of nitrogens with zero attached hydrogens (tertiary/aromatic N) is 1. The Morgan fingerprint density at radius 2 is 1.71 bits per heavy atom. The van der Waals surface area contributed by atoms with Crippen molar-refractivity contribution < 1.29 is 24.0 Å². The first-order chi connectivity index (χ1) is 13.3. The highest BCUT2D eigenvalue weighted by Crippen LogP contribution is 2.31. The van der Waals surface area contributed by atoms with E-state index < -0.39 is 16.9 Å². The molecule has 148 valence electrons. The van der Waals surface area contributed by atoms with Gasteiger partial charge in [0.15, 0.2) is 0 Å². The number of thioether (sulfide) groups is 1. The minimum atomic E-state index is -0.715. The first kappa shape index (κ1) is 21.4. The molecule has 0 aliphatic carbocycles. The largest absolute Gasteiger partial charge is 0.465 e. The smallest absolute Gasteiger partial charge is 0.343 e. The van der Waals surface area contributed by atoms with Gasteiger partial charge in [-0.1, -0.05) is 13.8 Å². The number of nitro benzene ring substituents is 1. The average molecular weight is 403 g/mol. The molecule has 0 N–H and O–H groups in total. The zero-order valence-corrected chi connectivity index (χ0v) is 16.7. The molecular formula is C20H21NO6S. The number of hydrogen-bond donors (Lipinski definition) is 0. The maximum absolute atomic E-state index is 12.3. The monoisotopic (exact) mass is 403 g/mol. The van der Waals surface area contributed by atoms with Gasteiger partial charge in [-0.3, -0.25) is 10.1 Å². The fourth-order valence-corrected chi connectivity index (χ4v) is 3.51. The van der Waals surface area contributed by atoms with Gasteiger partial charge in [-0.2, -0.15) is 0 Å². The van der Waals surface area contributed by atoms with Gasteiger partial charge in [0.2, 0.25) is 0 Å². The second-order valence-electron chi connectivity index (χ2n) is 6.38. The fourth-order valence-electron chi connectivity index (χ4n) is 2.26. The Morgan fingerprint density at radius 1 is 1.07 bits per heavy atom. The summed E-state index contributed by atoms with van der Waals surface area (Å²) in [5.74, 6) is 0.267. The molecule has 7 nitrogen and oxygen atoms in total. The lowest BCUT2D eigenvalue weighted by atomic mass is 10.2. The maximum atomic E-state index is 12.3. The van der Waals surface area contributed by atoms with E-state index in [-0.39, 0.29) is 17.0 Å². The van der Waals surface area contributed by atoms with Crippen LogP contribution in [0.25, 0.3) is 0 Å². The van der Waals surface area contributed by atoms with E-state index in [9.17, 15) is 19.7 Å². The van der Waals surface area contributed by atoms with E-state index in [0.717, 1.165) is 12.2 Å². The lowest BCUT2D eigenvalue weighted by Gasteiger charge is -2.08. The number of nitro groups is 1. The Labute approximate surface area is 167 Å². The zero-order chi connectivity index (χ0) is 20.7. The van der Waals surface area contributed by atoms with Crippen molar-refractivity contribution in [2.24, 2.45) is 5.92 Å². The van der Waals surface area contributed by atoms with E-state index in [2.05, 4.69) is 18.6 Å². The standard InChI is InChI=1S/C20H21NO6S/c1-13(2)10-11-28-18-9-6-15(12-17(18)21(24)25)20(23)27-16-7-4-14(5-8-16)19(22)26-3/h4-9,12-13H,10-11H2,1-3H3. The van der Waals surface area contributed by atoms with Gasteiger partial charge in [0.05, 0.1) is 28.1 Å². The van der Waals surface area contributed by atoms with Crippen LogP contribution in [0.1, 0.15) is 41.0 Å². The third-order valence-electron chi connectivity index (χ3n) is 3.83. The Hall–Kier alpha value is -2.87. The molecule has 0 fully saturated rings. The highest BCUT2D eigenvalue weighted by molar-refractivity contribution is 7.99. The number of hydrogen-bond acceptors (Lipinski definition) is 7. The number of esters is 2. The molecule has 28 heavy (non-hydrogen) atoms. The first-order valence-electron chi connectivity index (χ1n) is 8.63. The van der Waals surface area contributed by atoms with Gasteiger partial charge in [-0.05, 0) is 54.5 Å². The van der Waals surface area contributed by atoms with E-state index in [1.807, 2.05) is 0 Å². The number of methoxy groups -OCH3 is 1. The van der Waals surface area contributed by atoms with Gasteiger partial charge in [0.1, 0.15) is 5.75 Å². The summed E-state index contributed by atoms with van der Waals surface area (Å²) in [4.78, 5) is 35.1. The Bertz CT molecular complexity index is 863. The molecule has 0 amide bonds. The van der Waals surface area contributed by atoms with Crippen molar-refractivity contribution in [3.63, 3.8) is 0 Å². The number of carbonyl (C=O) groups excluding carboxylic acids is 2. The van der Waals surface area contributed by atoms with E-state index in [1.165, 1.54) is 55.3 Å². The summed E-state index contributed by atoms with van der Waals surface area (Å²) in [6.45, 7) is 4.18. The number of ether oxygens (including phenoxy) is 2. The SMILES string of the molecule is COC(=O)c1ccc(OC(=O)c2ccc(SCCC(C)C)c([N+](=O)[O-])c2)cc1. The molecule has 0 spiro atoms. The van der Waals surface area contributed by atoms with E-state index in [4.69, 9.17) is 4.74 Å². The van der Waals surface area contributed by atoms with Crippen molar-refractivity contribution in [2.75, 3.05) is 12.9 Å². The molecule has 0 aliphatic heterocycles. The quantitative estimate of drug-likeness (QED) is 0.206. The van der Waals surface area contributed by atoms with Crippen molar-refractivity contribution in [1.82, 2.24) is 0 Å². The summed E-state index contributed by atoms with van der Waals surface area (Å²) in [7, 11) is 1.27. The molecule has 0 aliphatic rings. The molecule has 0 bridgehead atoms. The molecule has 2 aromatic rings. The molecule has 0 saturated heterocycles. The van der Waals surface area contributed by atoms with Crippen LogP contribution in [0, 0.1) is 16.0 Å². The van der Waals surface area contributed by atoms with Crippen LogP contribution in [0.4, 0.5) is 5.69 Å². The molecule has 2 aromatic carbocycles. The van der Waals surface area contributed by atoms with Gasteiger partial charge in [0.25, 0.3) is 5.69 Å². The first-order valence-corrected chi connectivity index (χ1v) is 9.62. The van der Waals surface area contributed by atoms with E-state index >= 15 is 0 Å². The molecule has 0 atom stereocenters. The average Bonchev–Trinajstić information content (AvgIpc) is 2.67. The fraction of sp³-hybridized carbons (Fsp3) is 0.300. The molecular weight excluding hydrogens is 382 g/mol. The number of benzene rings is 2. The molecule has 0 heterocycles. The molecule has 8 heteroatoms. The van der Waals surface area contributed by atoms with Crippen LogP contribution in [0.5, 0.6) is 5.75 Å². The minimum absolute atomic E-state index is 0.0805. The van der Waals surface area contributed by atoms with E-state index in [0.29, 0.717) is 16.4 Å². The summed E-state index contributed by atoms with van der Waals surface area (Å²) in [6, 6.07) is 10.1. The van der Waals surface area contributed by atoms with Gasteiger partial charge in [-0.25, -0.2) is 9.59 Å². The summed E-state index contributed by atoms with van der Waals surface area (Å²) >= 11 is 1.40. The second-order valence-corrected chi connectivity index (χ2v) is 7.51. The molecule has 2 rings (SSSR count). The van der Waals surface area contributed by atoms with Crippen molar-refractivity contribution in [3.05, 3.63) is 63.7 Å². The van der Waals surface area contributed by atoms with Crippen LogP contribution in [0.3, 0.4) is 0 Å². The van der Waals surface area contributed by atoms with Gasteiger partial charge < -0.3 is 9.47 Å². The van der Waals surface area contributed by atoms with Crippen LogP contribution in [0.15, 0.2) is 47.4 Å². The minimum Gasteiger partial charge on any atom is -0.465 e. The van der Waals surface area contributed by atoms with Gasteiger partial charge >= 0.3 is 11.9 Å². The highest BCUT2D eigenvalue weighted by Gasteiger charge is 2.19. The molecule has 0 radical (unpaired) electrons. The van der Waals surface area contributed by atoms with Crippen LogP contribution >= 0.6 is 11.8 Å².